The lowest BCUT2D eigenvalue weighted by molar-refractivity contribution is -0.121. The zero-order chi connectivity index (χ0) is 17.4. The first kappa shape index (κ1) is 16.7. The van der Waals surface area contributed by atoms with Crippen LogP contribution < -0.4 is 10.9 Å². The molecule has 1 fully saturated rings. The van der Waals surface area contributed by atoms with Gasteiger partial charge in [-0.3, -0.25) is 18.9 Å². The van der Waals surface area contributed by atoms with Crippen LogP contribution in [0.25, 0.3) is 11.7 Å². The molecule has 124 valence electrons. The highest BCUT2D eigenvalue weighted by Crippen LogP contribution is 2.31. The van der Waals surface area contributed by atoms with E-state index in [4.69, 9.17) is 12.2 Å². The number of nitrogens with zero attached hydrogens (tertiary/aromatic N) is 3. The normalized spacial score (nSPS) is 16.5. The Kier molecular flexibility index (Phi) is 4.42. The number of hydrogen-bond acceptors (Lipinski definition) is 6. The number of likely N-dealkylation sites (N-methyl/N-ethyl adjacent to an activating group) is 1. The quantitative estimate of drug-likeness (QED) is 0.669. The van der Waals surface area contributed by atoms with Crippen molar-refractivity contribution in [2.75, 3.05) is 18.9 Å². The molecule has 1 saturated heterocycles. The summed E-state index contributed by atoms with van der Waals surface area (Å²) in [5.74, 6) is 0.263. The highest BCUT2D eigenvalue weighted by atomic mass is 32.2. The molecule has 6 nitrogen and oxygen atoms in total. The van der Waals surface area contributed by atoms with Gasteiger partial charge < -0.3 is 5.32 Å². The van der Waals surface area contributed by atoms with Crippen molar-refractivity contribution in [3.05, 3.63) is 44.7 Å². The number of rotatable bonds is 3. The van der Waals surface area contributed by atoms with Crippen molar-refractivity contribution in [3.8, 4) is 0 Å². The largest absolute Gasteiger partial charge is 0.370 e. The molecule has 0 atom stereocenters. The predicted molar refractivity (Wildman–Crippen MR) is 101 cm³/mol. The number of anilines is 1. The molecular weight excluding hydrogens is 344 g/mol. The molecule has 0 aromatic carbocycles. The van der Waals surface area contributed by atoms with Crippen LogP contribution >= 0.6 is 24.0 Å². The Hall–Kier alpha value is -2.19. The minimum atomic E-state index is -0.221. The highest BCUT2D eigenvalue weighted by Gasteiger charge is 2.29. The van der Waals surface area contributed by atoms with E-state index in [0.29, 0.717) is 32.8 Å². The van der Waals surface area contributed by atoms with E-state index < -0.39 is 0 Å². The lowest BCUT2D eigenvalue weighted by atomic mass is 10.2. The Bertz CT molecular complexity index is 949. The number of thiocarbonyl (C=S) groups is 1. The number of fused-ring (bicyclic) bond motifs is 1. The molecule has 0 aliphatic carbocycles. The van der Waals surface area contributed by atoms with E-state index in [0.717, 1.165) is 5.56 Å². The fourth-order valence-electron chi connectivity index (χ4n) is 2.42. The van der Waals surface area contributed by atoms with Crippen molar-refractivity contribution in [1.29, 1.82) is 0 Å². The summed E-state index contributed by atoms with van der Waals surface area (Å²) in [5, 5.41) is 3.11. The van der Waals surface area contributed by atoms with Crippen LogP contribution in [0.4, 0.5) is 5.82 Å². The molecule has 3 rings (SSSR count). The molecule has 0 spiro atoms. The fraction of sp³-hybridized carbons (Fsp3) is 0.250. The van der Waals surface area contributed by atoms with E-state index in [1.54, 1.807) is 25.4 Å². The maximum Gasteiger partial charge on any atom is 0.267 e. The summed E-state index contributed by atoms with van der Waals surface area (Å²) in [7, 11) is 1.62. The Balaban J connectivity index is 2.25. The van der Waals surface area contributed by atoms with Gasteiger partial charge in [-0.05, 0) is 31.6 Å². The van der Waals surface area contributed by atoms with Gasteiger partial charge in [0, 0.05) is 19.8 Å². The van der Waals surface area contributed by atoms with E-state index in [-0.39, 0.29) is 11.5 Å². The SMILES string of the molecule is CCNc1nc2c(C)cccn2c(=O)c1C=C1SC(=S)N(C)C1=O. The summed E-state index contributed by atoms with van der Waals surface area (Å²) in [6.45, 7) is 4.44. The Morgan fingerprint density at radius 2 is 2.17 bits per heavy atom. The van der Waals surface area contributed by atoms with Gasteiger partial charge in [-0.2, -0.15) is 0 Å². The Morgan fingerprint density at radius 1 is 1.42 bits per heavy atom. The number of carbonyl (C=O) groups is 1. The van der Waals surface area contributed by atoms with Crippen molar-refractivity contribution in [2.24, 2.45) is 0 Å². The van der Waals surface area contributed by atoms with Gasteiger partial charge >= 0.3 is 0 Å². The van der Waals surface area contributed by atoms with Crippen molar-refractivity contribution >= 4 is 51.7 Å². The zero-order valence-electron chi connectivity index (χ0n) is 13.5. The molecule has 2 aromatic rings. The van der Waals surface area contributed by atoms with E-state index in [1.807, 2.05) is 19.9 Å². The van der Waals surface area contributed by atoms with Gasteiger partial charge in [0.1, 0.15) is 15.8 Å². The number of amides is 1. The Morgan fingerprint density at radius 3 is 2.79 bits per heavy atom. The molecule has 0 saturated carbocycles. The summed E-state index contributed by atoms with van der Waals surface area (Å²) in [4.78, 5) is 31.5. The maximum atomic E-state index is 12.9. The van der Waals surface area contributed by atoms with Crippen LogP contribution in [-0.2, 0) is 4.79 Å². The van der Waals surface area contributed by atoms with Gasteiger partial charge in [-0.25, -0.2) is 4.98 Å². The summed E-state index contributed by atoms with van der Waals surface area (Å²) >= 11 is 6.32. The summed E-state index contributed by atoms with van der Waals surface area (Å²) in [5.41, 5.74) is 1.63. The molecule has 24 heavy (non-hydrogen) atoms. The van der Waals surface area contributed by atoms with Crippen molar-refractivity contribution in [3.63, 3.8) is 0 Å². The third-order valence-corrected chi connectivity index (χ3v) is 5.18. The fourth-order valence-corrected chi connectivity index (χ4v) is 3.58. The van der Waals surface area contributed by atoms with Crippen LogP contribution in [0.1, 0.15) is 18.1 Å². The minimum Gasteiger partial charge on any atom is -0.370 e. The average Bonchev–Trinajstić information content (AvgIpc) is 2.79. The number of hydrogen-bond donors (Lipinski definition) is 1. The minimum absolute atomic E-state index is 0.207. The second-order valence-corrected chi connectivity index (χ2v) is 7.01. The van der Waals surface area contributed by atoms with Gasteiger partial charge in [0.15, 0.2) is 0 Å². The smallest absolute Gasteiger partial charge is 0.267 e. The maximum absolute atomic E-state index is 12.9. The lowest BCUT2D eigenvalue weighted by Gasteiger charge is -2.11. The van der Waals surface area contributed by atoms with Crippen LogP contribution in [0.15, 0.2) is 28.0 Å². The monoisotopic (exact) mass is 360 g/mol. The van der Waals surface area contributed by atoms with E-state index in [2.05, 4.69) is 10.3 Å². The van der Waals surface area contributed by atoms with Gasteiger partial charge in [-0.1, -0.05) is 30.0 Å². The molecule has 8 heteroatoms. The molecule has 3 heterocycles. The van der Waals surface area contributed by atoms with Gasteiger partial charge in [0.25, 0.3) is 11.5 Å². The lowest BCUT2D eigenvalue weighted by Crippen LogP contribution is -2.23. The van der Waals surface area contributed by atoms with Crippen LogP contribution in [-0.4, -0.2) is 38.1 Å². The van der Waals surface area contributed by atoms with Gasteiger partial charge in [0.2, 0.25) is 0 Å². The first-order valence-corrected chi connectivity index (χ1v) is 8.64. The number of aryl methyl sites for hydroxylation is 1. The number of nitrogens with one attached hydrogen (secondary N) is 1. The summed E-state index contributed by atoms with van der Waals surface area (Å²) in [6.07, 6.45) is 3.25. The average molecular weight is 360 g/mol. The number of thioether (sulfide) groups is 1. The number of aromatic nitrogens is 2. The second kappa shape index (κ2) is 6.37. The molecule has 2 aromatic heterocycles. The zero-order valence-corrected chi connectivity index (χ0v) is 15.1. The molecule has 0 bridgehead atoms. The third kappa shape index (κ3) is 2.71. The topological polar surface area (TPSA) is 66.7 Å². The third-order valence-electron chi connectivity index (χ3n) is 3.69. The molecule has 0 radical (unpaired) electrons. The van der Waals surface area contributed by atoms with Crippen molar-refractivity contribution in [1.82, 2.24) is 14.3 Å². The second-order valence-electron chi connectivity index (χ2n) is 5.34. The molecule has 1 N–H and O–H groups in total. The van der Waals surface area contributed by atoms with E-state index >= 15 is 0 Å². The highest BCUT2D eigenvalue weighted by molar-refractivity contribution is 8.26. The standard InChI is InChI=1S/C16H16N4O2S2/c1-4-17-12-10(8-11-15(22)19(3)16(23)24-11)14(21)20-7-5-6-9(2)13(20)18-12/h5-8,17H,4H2,1-3H3. The number of pyridine rings is 1. The molecule has 0 unspecified atom stereocenters. The first-order valence-electron chi connectivity index (χ1n) is 7.41. The Labute approximate surface area is 148 Å². The van der Waals surface area contributed by atoms with E-state index in [1.165, 1.54) is 21.1 Å². The van der Waals surface area contributed by atoms with Gasteiger partial charge in [-0.15, -0.1) is 0 Å². The summed E-state index contributed by atoms with van der Waals surface area (Å²) in [6, 6.07) is 3.70. The van der Waals surface area contributed by atoms with Crippen LogP contribution in [0.3, 0.4) is 0 Å². The van der Waals surface area contributed by atoms with Crippen molar-refractivity contribution in [2.45, 2.75) is 13.8 Å². The molecule has 1 aliphatic rings. The van der Waals surface area contributed by atoms with Crippen LogP contribution in [0.2, 0.25) is 0 Å². The first-order chi connectivity index (χ1) is 11.4. The predicted octanol–water partition coefficient (Wildman–Crippen LogP) is 2.27. The summed E-state index contributed by atoms with van der Waals surface area (Å²) < 4.78 is 1.97. The van der Waals surface area contributed by atoms with Crippen LogP contribution in [0, 0.1) is 6.92 Å². The van der Waals surface area contributed by atoms with E-state index in [9.17, 15) is 9.59 Å². The van der Waals surface area contributed by atoms with Gasteiger partial charge in [0.05, 0.1) is 10.5 Å². The van der Waals surface area contributed by atoms with Crippen molar-refractivity contribution < 1.29 is 4.79 Å². The molecular formula is C16H16N4O2S2. The molecule has 1 amide bonds. The molecule has 1 aliphatic heterocycles. The number of carbonyl (C=O) groups excluding carboxylic acids is 1. The van der Waals surface area contributed by atoms with Crippen LogP contribution in [0.5, 0.6) is 0 Å².